The molecular formula is C25H23Br2FN2O4S. The number of amides is 1. The van der Waals surface area contributed by atoms with Gasteiger partial charge in [0.25, 0.3) is 15.9 Å². The molecule has 1 aliphatic rings. The molecule has 1 amide bonds. The Balaban J connectivity index is 1.56. The summed E-state index contributed by atoms with van der Waals surface area (Å²) in [5.41, 5.74) is 0.675. The molecule has 3 aromatic carbocycles. The van der Waals surface area contributed by atoms with Gasteiger partial charge in [-0.3, -0.25) is 9.52 Å². The lowest BCUT2D eigenvalue weighted by Crippen LogP contribution is -2.44. The third kappa shape index (κ3) is 6.11. The molecule has 0 radical (unpaired) electrons. The molecule has 2 N–H and O–H groups in total. The van der Waals surface area contributed by atoms with Crippen molar-refractivity contribution >= 4 is 53.5 Å². The molecule has 4 rings (SSSR count). The first kappa shape index (κ1) is 25.8. The number of hydrogen-bond donors (Lipinski definition) is 2. The van der Waals surface area contributed by atoms with Gasteiger partial charge < -0.3 is 10.1 Å². The summed E-state index contributed by atoms with van der Waals surface area (Å²) in [5.74, 6) is -1.48. The summed E-state index contributed by atoms with van der Waals surface area (Å²) in [4.78, 5) is 12.8. The van der Waals surface area contributed by atoms with E-state index in [0.717, 1.165) is 28.2 Å². The molecule has 0 atom stereocenters. The van der Waals surface area contributed by atoms with Crippen LogP contribution in [0.25, 0.3) is 0 Å². The number of halogens is 3. The van der Waals surface area contributed by atoms with Gasteiger partial charge in [-0.1, -0.05) is 50.1 Å². The topological polar surface area (TPSA) is 84.5 Å². The van der Waals surface area contributed by atoms with Gasteiger partial charge in [0.15, 0.2) is 0 Å². The van der Waals surface area contributed by atoms with Gasteiger partial charge >= 0.3 is 0 Å². The van der Waals surface area contributed by atoms with E-state index in [0.29, 0.717) is 36.2 Å². The Hall–Kier alpha value is -2.27. The fraction of sp³-hybridized carbons (Fsp3) is 0.240. The first-order chi connectivity index (χ1) is 16.7. The Kier molecular flexibility index (Phi) is 7.95. The lowest BCUT2D eigenvalue weighted by atomic mass is 9.74. The van der Waals surface area contributed by atoms with Crippen molar-refractivity contribution in [3.05, 3.63) is 92.6 Å². The Labute approximate surface area is 220 Å². The zero-order valence-electron chi connectivity index (χ0n) is 18.6. The van der Waals surface area contributed by atoms with Crippen molar-refractivity contribution in [1.82, 2.24) is 5.32 Å². The number of rotatable bonds is 7. The van der Waals surface area contributed by atoms with E-state index in [1.54, 1.807) is 24.3 Å². The van der Waals surface area contributed by atoms with Crippen LogP contribution in [0.3, 0.4) is 0 Å². The van der Waals surface area contributed by atoms with E-state index in [-0.39, 0.29) is 22.4 Å². The molecule has 0 aliphatic carbocycles. The summed E-state index contributed by atoms with van der Waals surface area (Å²) in [5, 5.41) is 2.83. The third-order valence-electron chi connectivity index (χ3n) is 6.04. The van der Waals surface area contributed by atoms with Crippen molar-refractivity contribution in [3.63, 3.8) is 0 Å². The molecule has 6 nitrogen and oxygen atoms in total. The molecule has 184 valence electrons. The van der Waals surface area contributed by atoms with Gasteiger partial charge in [0.2, 0.25) is 0 Å². The Bertz CT molecular complexity index is 1340. The van der Waals surface area contributed by atoms with E-state index >= 15 is 0 Å². The number of anilines is 1. The standard InChI is InChI=1S/C25H23Br2FN2O4S/c26-18-4-1-3-17(13-18)25(9-11-34-12-10-25)16-29-24(31)22-15-21(7-8-23(22)28)35(32,33)30-20-6-2-5-19(27)14-20/h1-8,13-15,30H,9-12,16H2,(H,29,31). The number of carbonyl (C=O) groups excluding carboxylic acids is 1. The fourth-order valence-corrected chi connectivity index (χ4v) is 5.98. The molecular weight excluding hydrogens is 603 g/mol. The number of hydrogen-bond acceptors (Lipinski definition) is 4. The van der Waals surface area contributed by atoms with Gasteiger partial charge in [-0.25, -0.2) is 12.8 Å². The number of benzene rings is 3. The maximum Gasteiger partial charge on any atom is 0.261 e. The van der Waals surface area contributed by atoms with Crippen LogP contribution >= 0.6 is 31.9 Å². The smallest absolute Gasteiger partial charge is 0.261 e. The maximum atomic E-state index is 14.6. The average Bonchev–Trinajstić information content (AvgIpc) is 2.83. The van der Waals surface area contributed by atoms with Gasteiger partial charge in [-0.2, -0.15) is 0 Å². The van der Waals surface area contributed by atoms with E-state index in [2.05, 4.69) is 41.9 Å². The summed E-state index contributed by atoms with van der Waals surface area (Å²) in [6, 6.07) is 17.7. The maximum absolute atomic E-state index is 14.6. The molecule has 0 spiro atoms. The first-order valence-electron chi connectivity index (χ1n) is 10.9. The molecule has 0 bridgehead atoms. The predicted octanol–water partition coefficient (Wildman–Crippen LogP) is 5.63. The van der Waals surface area contributed by atoms with Crippen LogP contribution in [0.1, 0.15) is 28.8 Å². The highest BCUT2D eigenvalue weighted by Crippen LogP contribution is 2.35. The quantitative estimate of drug-likeness (QED) is 0.356. The average molecular weight is 626 g/mol. The number of sulfonamides is 1. The highest BCUT2D eigenvalue weighted by atomic mass is 79.9. The number of ether oxygens (including phenoxy) is 1. The zero-order valence-corrected chi connectivity index (χ0v) is 22.6. The van der Waals surface area contributed by atoms with Crippen LogP contribution in [-0.2, 0) is 20.2 Å². The Morgan fingerprint density at radius 1 is 0.971 bits per heavy atom. The number of carbonyl (C=O) groups is 1. The molecule has 1 saturated heterocycles. The lowest BCUT2D eigenvalue weighted by molar-refractivity contribution is 0.0486. The van der Waals surface area contributed by atoms with Crippen LogP contribution in [0.15, 0.2) is 80.6 Å². The fourth-order valence-electron chi connectivity index (χ4n) is 4.10. The summed E-state index contributed by atoms with van der Waals surface area (Å²) in [7, 11) is -4.04. The molecule has 10 heteroatoms. The van der Waals surface area contributed by atoms with Gasteiger partial charge in [-0.05, 0) is 66.9 Å². The highest BCUT2D eigenvalue weighted by Gasteiger charge is 2.35. The summed E-state index contributed by atoms with van der Waals surface area (Å²) in [6.07, 6.45) is 1.38. The van der Waals surface area contributed by atoms with Crippen LogP contribution < -0.4 is 10.0 Å². The van der Waals surface area contributed by atoms with Crippen LogP contribution in [0.4, 0.5) is 10.1 Å². The minimum atomic E-state index is -4.04. The van der Waals surface area contributed by atoms with Crippen molar-refractivity contribution in [2.45, 2.75) is 23.2 Å². The van der Waals surface area contributed by atoms with Crippen LogP contribution in [0.5, 0.6) is 0 Å². The highest BCUT2D eigenvalue weighted by molar-refractivity contribution is 9.10. The summed E-state index contributed by atoms with van der Waals surface area (Å²) >= 11 is 6.79. The zero-order chi connectivity index (χ0) is 25.1. The largest absolute Gasteiger partial charge is 0.381 e. The van der Waals surface area contributed by atoms with Gasteiger partial charge in [0.05, 0.1) is 10.5 Å². The molecule has 35 heavy (non-hydrogen) atoms. The van der Waals surface area contributed by atoms with E-state index in [1.165, 1.54) is 0 Å². The minimum absolute atomic E-state index is 0.211. The second-order valence-corrected chi connectivity index (χ2v) is 11.9. The second-order valence-electron chi connectivity index (χ2n) is 8.34. The van der Waals surface area contributed by atoms with Crippen molar-refractivity contribution in [1.29, 1.82) is 0 Å². The molecule has 1 aliphatic heterocycles. The third-order valence-corrected chi connectivity index (χ3v) is 8.41. The van der Waals surface area contributed by atoms with Crippen molar-refractivity contribution in [2.75, 3.05) is 24.5 Å². The summed E-state index contributed by atoms with van der Waals surface area (Å²) in [6.45, 7) is 1.36. The predicted molar refractivity (Wildman–Crippen MR) is 140 cm³/mol. The molecule has 3 aromatic rings. The second kappa shape index (κ2) is 10.8. The first-order valence-corrected chi connectivity index (χ1v) is 14.0. The van der Waals surface area contributed by atoms with Gasteiger partial charge in [0.1, 0.15) is 5.82 Å². The van der Waals surface area contributed by atoms with Crippen molar-refractivity contribution in [2.24, 2.45) is 0 Å². The monoisotopic (exact) mass is 624 g/mol. The minimum Gasteiger partial charge on any atom is -0.381 e. The van der Waals surface area contributed by atoms with Crippen molar-refractivity contribution in [3.8, 4) is 0 Å². The number of nitrogens with one attached hydrogen (secondary N) is 2. The van der Waals surface area contributed by atoms with Gasteiger partial charge in [-0.15, -0.1) is 0 Å². The molecule has 0 unspecified atom stereocenters. The van der Waals surface area contributed by atoms with Crippen LogP contribution in [-0.4, -0.2) is 34.1 Å². The normalized spacial score (nSPS) is 15.4. The van der Waals surface area contributed by atoms with E-state index in [4.69, 9.17) is 4.74 Å². The Morgan fingerprint density at radius 2 is 1.66 bits per heavy atom. The summed E-state index contributed by atoms with van der Waals surface area (Å²) < 4.78 is 50.0. The lowest BCUT2D eigenvalue weighted by Gasteiger charge is -2.38. The Morgan fingerprint density at radius 3 is 2.34 bits per heavy atom. The van der Waals surface area contributed by atoms with Gasteiger partial charge in [0, 0.05) is 39.8 Å². The molecule has 1 heterocycles. The van der Waals surface area contributed by atoms with E-state index in [9.17, 15) is 17.6 Å². The molecule has 0 aromatic heterocycles. The van der Waals surface area contributed by atoms with E-state index < -0.39 is 21.7 Å². The molecule has 0 saturated carbocycles. The van der Waals surface area contributed by atoms with E-state index in [1.807, 2.05) is 24.3 Å². The SMILES string of the molecule is O=C(NCC1(c2cccc(Br)c2)CCOCC1)c1cc(S(=O)(=O)Nc2cccc(Br)c2)ccc1F. The van der Waals surface area contributed by atoms with Crippen LogP contribution in [0, 0.1) is 5.82 Å². The van der Waals surface area contributed by atoms with Crippen LogP contribution in [0.2, 0.25) is 0 Å². The van der Waals surface area contributed by atoms with Crippen molar-refractivity contribution < 1.29 is 22.3 Å². The molecule has 1 fully saturated rings.